The van der Waals surface area contributed by atoms with Gasteiger partial charge in [0.15, 0.2) is 0 Å². The Kier molecular flexibility index (Phi) is 11.5. The van der Waals surface area contributed by atoms with E-state index < -0.39 is 0 Å². The standard InChI is InChI=1S/C25H42O4/c1-19(2)11-8-12-20(3)13-9-14-21(4)15-10-17-25(6)18-16-23(28-29-25)22(5)24(26)27-7/h11,13,15,22-23H,8-10,12,14,16-18H2,1-7H3/b20-13+,21-15+/t22-,23-,25+/m0/s1. The van der Waals surface area contributed by atoms with E-state index in [1.165, 1.54) is 23.8 Å². The molecule has 0 aromatic carbocycles. The van der Waals surface area contributed by atoms with Crippen molar-refractivity contribution in [2.24, 2.45) is 5.92 Å². The van der Waals surface area contributed by atoms with Gasteiger partial charge in [0.05, 0.1) is 13.0 Å². The first-order valence-corrected chi connectivity index (χ1v) is 11.0. The lowest BCUT2D eigenvalue weighted by Crippen LogP contribution is -2.41. The number of hydrogen-bond donors (Lipinski definition) is 0. The zero-order chi connectivity index (χ0) is 21.9. The van der Waals surface area contributed by atoms with Crippen molar-refractivity contribution < 1.29 is 19.3 Å². The van der Waals surface area contributed by atoms with E-state index in [0.29, 0.717) is 0 Å². The van der Waals surface area contributed by atoms with Crippen LogP contribution < -0.4 is 0 Å². The van der Waals surface area contributed by atoms with E-state index in [1.807, 2.05) is 6.92 Å². The van der Waals surface area contributed by atoms with E-state index in [0.717, 1.165) is 51.4 Å². The van der Waals surface area contributed by atoms with E-state index >= 15 is 0 Å². The van der Waals surface area contributed by atoms with Crippen LogP contribution in [0.1, 0.15) is 92.9 Å². The van der Waals surface area contributed by atoms with E-state index in [1.54, 1.807) is 0 Å². The molecule has 1 heterocycles. The van der Waals surface area contributed by atoms with Crippen LogP contribution >= 0.6 is 0 Å². The largest absolute Gasteiger partial charge is 0.469 e. The van der Waals surface area contributed by atoms with Crippen molar-refractivity contribution >= 4 is 5.97 Å². The average Bonchev–Trinajstić information content (AvgIpc) is 2.67. The van der Waals surface area contributed by atoms with Gasteiger partial charge in [-0.2, -0.15) is 0 Å². The Morgan fingerprint density at radius 2 is 1.66 bits per heavy atom. The molecule has 0 aliphatic carbocycles. The van der Waals surface area contributed by atoms with Crippen molar-refractivity contribution in [1.82, 2.24) is 0 Å². The molecule has 29 heavy (non-hydrogen) atoms. The molecule has 1 saturated heterocycles. The summed E-state index contributed by atoms with van der Waals surface area (Å²) >= 11 is 0. The second-order valence-corrected chi connectivity index (χ2v) is 9.02. The Labute approximate surface area is 178 Å². The molecule has 1 fully saturated rings. The number of allylic oxidation sites excluding steroid dienone is 6. The highest BCUT2D eigenvalue weighted by Crippen LogP contribution is 2.33. The first kappa shape index (κ1) is 25.6. The van der Waals surface area contributed by atoms with Crippen LogP contribution in [0.3, 0.4) is 0 Å². The van der Waals surface area contributed by atoms with E-state index in [9.17, 15) is 4.79 Å². The van der Waals surface area contributed by atoms with Gasteiger partial charge >= 0.3 is 5.97 Å². The lowest BCUT2D eigenvalue weighted by atomic mass is 9.88. The fourth-order valence-corrected chi connectivity index (χ4v) is 3.52. The zero-order valence-corrected chi connectivity index (χ0v) is 19.7. The average molecular weight is 407 g/mol. The summed E-state index contributed by atoms with van der Waals surface area (Å²) in [7, 11) is 1.41. The molecule has 0 bridgehead atoms. The van der Waals surface area contributed by atoms with E-state index in [2.05, 4.69) is 52.8 Å². The van der Waals surface area contributed by atoms with Gasteiger partial charge in [0, 0.05) is 0 Å². The fourth-order valence-electron chi connectivity index (χ4n) is 3.52. The summed E-state index contributed by atoms with van der Waals surface area (Å²) in [5, 5.41) is 0. The predicted octanol–water partition coefficient (Wildman–Crippen LogP) is 6.86. The SMILES string of the molecule is COC(=O)[C@@H](C)[C@@H]1CC[C@@](C)(CC/C=C(\C)CC/C=C(\C)CCC=C(C)C)OO1. The minimum absolute atomic E-state index is 0.223. The molecule has 0 aromatic rings. The zero-order valence-electron chi connectivity index (χ0n) is 19.7. The van der Waals surface area contributed by atoms with E-state index in [4.69, 9.17) is 14.5 Å². The third-order valence-corrected chi connectivity index (χ3v) is 5.75. The van der Waals surface area contributed by atoms with Crippen molar-refractivity contribution in [2.75, 3.05) is 7.11 Å². The third-order valence-electron chi connectivity index (χ3n) is 5.75. The molecule has 3 atom stereocenters. The molecule has 1 aliphatic heterocycles. The van der Waals surface area contributed by atoms with Crippen molar-refractivity contribution in [3.8, 4) is 0 Å². The number of ether oxygens (including phenoxy) is 1. The summed E-state index contributed by atoms with van der Waals surface area (Å²) in [6, 6.07) is 0. The van der Waals surface area contributed by atoms with E-state index in [-0.39, 0.29) is 23.6 Å². The number of methoxy groups -OCH3 is 1. The third kappa shape index (κ3) is 10.3. The summed E-state index contributed by atoms with van der Waals surface area (Å²) in [6.45, 7) is 12.7. The molecule has 0 radical (unpaired) electrons. The quantitative estimate of drug-likeness (QED) is 0.213. The van der Waals surface area contributed by atoms with Crippen molar-refractivity contribution in [2.45, 2.75) is 105 Å². The molecule has 0 saturated carbocycles. The summed E-state index contributed by atoms with van der Waals surface area (Å²) in [6.07, 6.45) is 14.9. The van der Waals surface area contributed by atoms with Gasteiger partial charge in [-0.25, -0.2) is 9.78 Å². The maximum atomic E-state index is 11.7. The maximum Gasteiger partial charge on any atom is 0.311 e. The molecule has 0 spiro atoms. The molecule has 0 amide bonds. The van der Waals surface area contributed by atoms with Gasteiger partial charge in [-0.05, 0) is 92.9 Å². The summed E-state index contributed by atoms with van der Waals surface area (Å²) in [4.78, 5) is 22.9. The smallest absolute Gasteiger partial charge is 0.311 e. The Morgan fingerprint density at radius 3 is 2.17 bits per heavy atom. The highest BCUT2D eigenvalue weighted by atomic mass is 17.2. The Bertz CT molecular complexity index is 588. The van der Waals surface area contributed by atoms with Crippen LogP contribution in [-0.2, 0) is 19.3 Å². The second-order valence-electron chi connectivity index (χ2n) is 9.02. The highest BCUT2D eigenvalue weighted by Gasteiger charge is 2.37. The fraction of sp³-hybridized carbons (Fsp3) is 0.720. The van der Waals surface area contributed by atoms with Crippen LogP contribution in [-0.4, -0.2) is 24.8 Å². The first-order valence-electron chi connectivity index (χ1n) is 11.0. The molecular formula is C25H42O4. The van der Waals surface area contributed by atoms with Gasteiger partial charge in [0.2, 0.25) is 0 Å². The lowest BCUT2D eigenvalue weighted by molar-refractivity contribution is -0.411. The van der Waals surface area contributed by atoms with Crippen LogP contribution in [0.5, 0.6) is 0 Å². The van der Waals surface area contributed by atoms with Gasteiger partial charge in [-0.1, -0.05) is 34.9 Å². The van der Waals surface area contributed by atoms with Crippen LogP contribution in [0, 0.1) is 5.92 Å². The Hall–Kier alpha value is -1.39. The molecule has 0 aromatic heterocycles. The molecule has 0 unspecified atom stereocenters. The molecule has 4 nitrogen and oxygen atoms in total. The number of hydrogen-bond acceptors (Lipinski definition) is 4. The summed E-state index contributed by atoms with van der Waals surface area (Å²) < 4.78 is 4.80. The lowest BCUT2D eigenvalue weighted by Gasteiger charge is -2.37. The highest BCUT2D eigenvalue weighted by molar-refractivity contribution is 5.72. The van der Waals surface area contributed by atoms with Crippen molar-refractivity contribution in [1.29, 1.82) is 0 Å². The first-order chi connectivity index (χ1) is 13.7. The number of esters is 1. The topological polar surface area (TPSA) is 44.8 Å². The molecule has 166 valence electrons. The van der Waals surface area contributed by atoms with Gasteiger partial charge in [0.25, 0.3) is 0 Å². The van der Waals surface area contributed by atoms with Crippen LogP contribution in [0.2, 0.25) is 0 Å². The second kappa shape index (κ2) is 13.0. The Balaban J connectivity index is 2.32. The molecule has 1 rings (SSSR count). The van der Waals surface area contributed by atoms with Crippen LogP contribution in [0.15, 0.2) is 34.9 Å². The number of rotatable bonds is 11. The minimum atomic E-state index is -0.301. The number of carbonyl (C=O) groups excluding carboxylic acids is 1. The van der Waals surface area contributed by atoms with Crippen molar-refractivity contribution in [3.05, 3.63) is 34.9 Å². The summed E-state index contributed by atoms with van der Waals surface area (Å²) in [5.41, 5.74) is 4.01. The maximum absolute atomic E-state index is 11.7. The van der Waals surface area contributed by atoms with Crippen molar-refractivity contribution in [3.63, 3.8) is 0 Å². The molecule has 1 aliphatic rings. The van der Waals surface area contributed by atoms with Crippen LogP contribution in [0.4, 0.5) is 0 Å². The van der Waals surface area contributed by atoms with Gasteiger partial charge in [0.1, 0.15) is 11.7 Å². The van der Waals surface area contributed by atoms with Gasteiger partial charge < -0.3 is 4.74 Å². The molecule has 4 heteroatoms. The monoisotopic (exact) mass is 406 g/mol. The predicted molar refractivity (Wildman–Crippen MR) is 119 cm³/mol. The normalized spacial score (nSPS) is 24.2. The summed E-state index contributed by atoms with van der Waals surface area (Å²) in [5.74, 6) is -0.549. The van der Waals surface area contributed by atoms with Crippen LogP contribution in [0.25, 0.3) is 0 Å². The Morgan fingerprint density at radius 1 is 1.07 bits per heavy atom. The van der Waals surface area contributed by atoms with Gasteiger partial charge in [-0.3, -0.25) is 4.79 Å². The number of carbonyl (C=O) groups is 1. The minimum Gasteiger partial charge on any atom is -0.469 e. The van der Waals surface area contributed by atoms with Gasteiger partial charge in [-0.15, -0.1) is 0 Å². The molecular weight excluding hydrogens is 364 g/mol. The molecule has 0 N–H and O–H groups in total.